The molecule has 4 rings (SSSR count). The number of carbonyl (C=O) groups is 1. The van der Waals surface area contributed by atoms with Gasteiger partial charge in [-0.3, -0.25) is 9.63 Å². The lowest BCUT2D eigenvalue weighted by atomic mass is 9.86. The van der Waals surface area contributed by atoms with Crippen LogP contribution in [0, 0.1) is 5.92 Å². The van der Waals surface area contributed by atoms with Gasteiger partial charge in [0.1, 0.15) is 0 Å². The third-order valence-electron chi connectivity index (χ3n) is 5.71. The highest BCUT2D eigenvalue weighted by molar-refractivity contribution is 7.92. The first-order valence-corrected chi connectivity index (χ1v) is 10.9. The van der Waals surface area contributed by atoms with Gasteiger partial charge in [-0.2, -0.15) is 0 Å². The molecule has 2 aliphatic heterocycles. The Balaban J connectivity index is 1.57. The number of nitrogens with one attached hydrogen (secondary N) is 1. The number of ether oxygens (including phenoxy) is 2. The van der Waals surface area contributed by atoms with Crippen LogP contribution in [0.5, 0.6) is 0 Å². The summed E-state index contributed by atoms with van der Waals surface area (Å²) in [6, 6.07) is 17.4. The van der Waals surface area contributed by atoms with Crippen LogP contribution in [0.3, 0.4) is 0 Å². The van der Waals surface area contributed by atoms with Gasteiger partial charge >= 0.3 is 0 Å². The maximum Gasteiger partial charge on any atom is 0.250 e. The normalized spacial score (nSPS) is 28.4. The minimum atomic E-state index is -3.95. The van der Waals surface area contributed by atoms with E-state index in [0.29, 0.717) is 6.42 Å². The van der Waals surface area contributed by atoms with Crippen LogP contribution in [0.4, 0.5) is 0 Å². The van der Waals surface area contributed by atoms with Crippen LogP contribution in [-0.2, 0) is 35.5 Å². The van der Waals surface area contributed by atoms with E-state index in [-0.39, 0.29) is 24.3 Å². The highest BCUT2D eigenvalue weighted by Crippen LogP contribution is 2.58. The number of amides is 1. The van der Waals surface area contributed by atoms with Gasteiger partial charge in [0.15, 0.2) is 10.7 Å². The smallest absolute Gasteiger partial charge is 0.250 e. The SMILES string of the molecule is COC12CCC(S(=O)(=O)c3ccccc3)(O1)C(C(=O)NOCc1ccccc1)C2. The van der Waals surface area contributed by atoms with Gasteiger partial charge in [0.05, 0.1) is 17.4 Å². The lowest BCUT2D eigenvalue weighted by Gasteiger charge is -2.31. The van der Waals surface area contributed by atoms with Crippen LogP contribution in [0.15, 0.2) is 65.6 Å². The average molecular weight is 417 g/mol. The van der Waals surface area contributed by atoms with Gasteiger partial charge < -0.3 is 9.47 Å². The molecule has 2 fully saturated rings. The number of hydrogen-bond donors (Lipinski definition) is 1. The minimum Gasteiger partial charge on any atom is -0.353 e. The summed E-state index contributed by atoms with van der Waals surface area (Å²) < 4.78 is 38.4. The first kappa shape index (κ1) is 20.0. The van der Waals surface area contributed by atoms with Gasteiger partial charge in [-0.1, -0.05) is 48.5 Å². The summed E-state index contributed by atoms with van der Waals surface area (Å²) in [5.41, 5.74) is 3.29. The molecule has 0 saturated carbocycles. The zero-order valence-electron chi connectivity index (χ0n) is 16.0. The van der Waals surface area contributed by atoms with Crippen molar-refractivity contribution in [2.24, 2.45) is 5.92 Å². The molecule has 2 aliphatic rings. The van der Waals surface area contributed by atoms with E-state index in [2.05, 4.69) is 5.48 Å². The van der Waals surface area contributed by atoms with Crippen LogP contribution in [0.1, 0.15) is 24.8 Å². The first-order chi connectivity index (χ1) is 13.9. The molecule has 1 N–H and O–H groups in total. The summed E-state index contributed by atoms with van der Waals surface area (Å²) in [5, 5.41) is 0. The number of carbonyl (C=O) groups excluding carboxylic acids is 1. The number of sulfone groups is 1. The molecule has 0 aliphatic carbocycles. The van der Waals surface area contributed by atoms with E-state index in [0.717, 1.165) is 5.56 Å². The van der Waals surface area contributed by atoms with Gasteiger partial charge in [-0.05, 0) is 24.1 Å². The van der Waals surface area contributed by atoms with Crippen molar-refractivity contribution in [3.05, 3.63) is 66.2 Å². The van der Waals surface area contributed by atoms with Gasteiger partial charge in [-0.25, -0.2) is 13.9 Å². The van der Waals surface area contributed by atoms with E-state index in [1.54, 1.807) is 18.2 Å². The highest BCUT2D eigenvalue weighted by Gasteiger charge is 2.70. The van der Waals surface area contributed by atoms with E-state index in [4.69, 9.17) is 14.3 Å². The molecule has 7 nitrogen and oxygen atoms in total. The maximum atomic E-state index is 13.5. The van der Waals surface area contributed by atoms with Crippen molar-refractivity contribution in [1.29, 1.82) is 0 Å². The van der Waals surface area contributed by atoms with Crippen molar-refractivity contribution >= 4 is 15.7 Å². The number of fused-ring (bicyclic) bond motifs is 2. The molecule has 2 heterocycles. The predicted molar refractivity (Wildman–Crippen MR) is 104 cm³/mol. The summed E-state index contributed by atoms with van der Waals surface area (Å²) in [4.78, 5) is 16.7. The fourth-order valence-electron chi connectivity index (χ4n) is 4.17. The Labute approximate surface area is 169 Å². The molecule has 2 aromatic rings. The van der Waals surface area contributed by atoms with Crippen LogP contribution >= 0.6 is 0 Å². The quantitative estimate of drug-likeness (QED) is 0.697. The fraction of sp³-hybridized carbons (Fsp3) is 0.381. The summed E-state index contributed by atoms with van der Waals surface area (Å²) in [6.07, 6.45) is 0.731. The lowest BCUT2D eigenvalue weighted by molar-refractivity contribution is -0.186. The van der Waals surface area contributed by atoms with Crippen molar-refractivity contribution in [1.82, 2.24) is 5.48 Å². The summed E-state index contributed by atoms with van der Waals surface area (Å²) in [7, 11) is -2.48. The summed E-state index contributed by atoms with van der Waals surface area (Å²) in [5.74, 6) is -2.56. The zero-order chi connectivity index (χ0) is 20.5. The molecular formula is C21H23NO6S. The van der Waals surface area contributed by atoms with Gasteiger partial charge in [0.2, 0.25) is 9.84 Å². The second-order valence-corrected chi connectivity index (χ2v) is 9.51. The topological polar surface area (TPSA) is 90.9 Å². The largest absolute Gasteiger partial charge is 0.353 e. The van der Waals surface area contributed by atoms with Crippen molar-refractivity contribution < 1.29 is 27.5 Å². The Morgan fingerprint density at radius 2 is 1.76 bits per heavy atom. The van der Waals surface area contributed by atoms with Crippen molar-refractivity contribution in [3.8, 4) is 0 Å². The highest BCUT2D eigenvalue weighted by atomic mass is 32.2. The third kappa shape index (κ3) is 3.36. The van der Waals surface area contributed by atoms with Gasteiger partial charge in [-0.15, -0.1) is 0 Å². The first-order valence-electron chi connectivity index (χ1n) is 9.43. The van der Waals surface area contributed by atoms with E-state index in [9.17, 15) is 13.2 Å². The molecular weight excluding hydrogens is 394 g/mol. The Bertz CT molecular complexity index is 981. The second-order valence-electron chi connectivity index (χ2n) is 7.34. The molecule has 154 valence electrons. The zero-order valence-corrected chi connectivity index (χ0v) is 16.9. The second kappa shape index (κ2) is 7.53. The molecule has 8 heteroatoms. The Morgan fingerprint density at radius 1 is 1.10 bits per heavy atom. The van der Waals surface area contributed by atoms with Gasteiger partial charge in [0, 0.05) is 20.0 Å². The molecule has 2 aromatic carbocycles. The molecule has 3 unspecified atom stereocenters. The lowest BCUT2D eigenvalue weighted by Crippen LogP contribution is -2.49. The molecule has 29 heavy (non-hydrogen) atoms. The van der Waals surface area contributed by atoms with E-state index >= 15 is 0 Å². The van der Waals surface area contributed by atoms with E-state index < -0.39 is 32.4 Å². The Kier molecular flexibility index (Phi) is 5.20. The Morgan fingerprint density at radius 3 is 2.41 bits per heavy atom. The van der Waals surface area contributed by atoms with Crippen LogP contribution < -0.4 is 5.48 Å². The van der Waals surface area contributed by atoms with Crippen molar-refractivity contribution in [2.45, 2.75) is 41.5 Å². The molecule has 2 bridgehead atoms. The number of rotatable bonds is 7. The molecule has 0 radical (unpaired) electrons. The van der Waals surface area contributed by atoms with Crippen LogP contribution in [0.25, 0.3) is 0 Å². The standard InChI is InChI=1S/C21H23NO6S/c1-26-20-12-13-21(28-20,29(24,25)17-10-6-3-7-11-17)18(14-20)19(23)22-27-15-16-8-4-2-5-9-16/h2-11,18H,12-15H2,1H3,(H,22,23). The average Bonchev–Trinajstić information content (AvgIpc) is 3.32. The maximum absolute atomic E-state index is 13.5. The fourth-order valence-corrected chi connectivity index (χ4v) is 6.28. The van der Waals surface area contributed by atoms with Crippen molar-refractivity contribution in [2.75, 3.05) is 7.11 Å². The van der Waals surface area contributed by atoms with E-state index in [1.807, 2.05) is 30.3 Å². The predicted octanol–water partition coefficient (Wildman–Crippen LogP) is 2.58. The number of hydrogen-bond acceptors (Lipinski definition) is 6. The van der Waals surface area contributed by atoms with Crippen LogP contribution in [0.2, 0.25) is 0 Å². The number of methoxy groups -OCH3 is 1. The molecule has 0 spiro atoms. The summed E-state index contributed by atoms with van der Waals surface area (Å²) in [6.45, 7) is 0.175. The third-order valence-corrected chi connectivity index (χ3v) is 8.08. The number of benzene rings is 2. The van der Waals surface area contributed by atoms with Gasteiger partial charge in [0.25, 0.3) is 5.91 Å². The Hall–Kier alpha value is -2.26. The molecule has 2 saturated heterocycles. The van der Waals surface area contributed by atoms with Crippen molar-refractivity contribution in [3.63, 3.8) is 0 Å². The van der Waals surface area contributed by atoms with E-state index in [1.165, 1.54) is 19.2 Å². The molecule has 1 amide bonds. The minimum absolute atomic E-state index is 0.122. The monoisotopic (exact) mass is 417 g/mol. The van der Waals surface area contributed by atoms with Crippen LogP contribution in [-0.4, -0.2) is 32.2 Å². The molecule has 3 atom stereocenters. The summed E-state index contributed by atoms with van der Waals surface area (Å²) >= 11 is 0. The number of hydroxylamine groups is 1. The molecule has 0 aromatic heterocycles.